The second-order valence-electron chi connectivity index (χ2n) is 5.17. The molecule has 0 aliphatic heterocycles. The molecule has 3 heteroatoms. The van der Waals surface area contributed by atoms with E-state index in [1.54, 1.807) is 0 Å². The number of carbonyl (C=O) groups is 1. The van der Waals surface area contributed by atoms with Crippen molar-refractivity contribution in [2.75, 3.05) is 6.61 Å². The van der Waals surface area contributed by atoms with E-state index in [9.17, 15) is 4.79 Å². The van der Waals surface area contributed by atoms with E-state index in [2.05, 4.69) is 31.2 Å². The minimum absolute atomic E-state index is 0.00305. The number of aryl methyl sites for hydroxylation is 1. The number of ether oxygens (including phenoxy) is 1. The van der Waals surface area contributed by atoms with Crippen molar-refractivity contribution in [2.45, 2.75) is 49.7 Å². The van der Waals surface area contributed by atoms with Crippen LogP contribution in [0.5, 0.6) is 0 Å². The van der Waals surface area contributed by atoms with Crippen LogP contribution in [-0.4, -0.2) is 17.8 Å². The largest absolute Gasteiger partial charge is 0.466 e. The lowest BCUT2D eigenvalue weighted by molar-refractivity contribution is -0.149. The van der Waals surface area contributed by atoms with E-state index in [4.69, 9.17) is 4.74 Å². The minimum Gasteiger partial charge on any atom is -0.466 e. The maximum atomic E-state index is 11.8. The molecule has 1 aliphatic carbocycles. The fourth-order valence-corrected chi connectivity index (χ4v) is 3.83. The summed E-state index contributed by atoms with van der Waals surface area (Å²) in [7, 11) is 0. The van der Waals surface area contributed by atoms with Gasteiger partial charge in [-0.15, -0.1) is 11.8 Å². The Morgan fingerprint density at radius 2 is 2.05 bits per heavy atom. The second kappa shape index (κ2) is 6.99. The van der Waals surface area contributed by atoms with Crippen LogP contribution in [-0.2, 0) is 9.53 Å². The Kier molecular flexibility index (Phi) is 5.32. The molecule has 1 saturated carbocycles. The first-order valence-electron chi connectivity index (χ1n) is 7.09. The Morgan fingerprint density at radius 3 is 2.74 bits per heavy atom. The zero-order chi connectivity index (χ0) is 13.7. The Morgan fingerprint density at radius 1 is 1.32 bits per heavy atom. The van der Waals surface area contributed by atoms with Crippen molar-refractivity contribution in [3.63, 3.8) is 0 Å². The van der Waals surface area contributed by atoms with Crippen LogP contribution < -0.4 is 0 Å². The molecule has 2 unspecified atom stereocenters. The van der Waals surface area contributed by atoms with E-state index in [-0.39, 0.29) is 11.9 Å². The Bertz CT molecular complexity index is 413. The van der Waals surface area contributed by atoms with Crippen LogP contribution in [0.1, 0.15) is 38.2 Å². The summed E-state index contributed by atoms with van der Waals surface area (Å²) in [6.07, 6.45) is 4.28. The standard InChI is InChI=1S/C16H22O2S/c1-3-18-16(17)13-5-4-6-15(11-13)19-14-9-7-12(2)8-10-14/h7-10,13,15H,3-6,11H2,1-2H3. The molecule has 19 heavy (non-hydrogen) atoms. The number of carbonyl (C=O) groups excluding carboxylic acids is 1. The van der Waals surface area contributed by atoms with Gasteiger partial charge < -0.3 is 4.74 Å². The van der Waals surface area contributed by atoms with Crippen LogP contribution >= 0.6 is 11.8 Å². The summed E-state index contributed by atoms with van der Waals surface area (Å²) in [6.45, 7) is 4.47. The number of esters is 1. The summed E-state index contributed by atoms with van der Waals surface area (Å²) in [4.78, 5) is 13.1. The van der Waals surface area contributed by atoms with Crippen LogP contribution in [0.3, 0.4) is 0 Å². The van der Waals surface area contributed by atoms with Crippen molar-refractivity contribution in [3.05, 3.63) is 29.8 Å². The van der Waals surface area contributed by atoms with Gasteiger partial charge in [-0.2, -0.15) is 0 Å². The predicted octanol–water partition coefficient (Wildman–Crippen LogP) is 4.21. The van der Waals surface area contributed by atoms with Crippen molar-refractivity contribution < 1.29 is 9.53 Å². The zero-order valence-corrected chi connectivity index (χ0v) is 12.5. The van der Waals surface area contributed by atoms with E-state index in [0.29, 0.717) is 11.9 Å². The minimum atomic E-state index is -0.00305. The van der Waals surface area contributed by atoms with Gasteiger partial charge in [-0.25, -0.2) is 0 Å². The summed E-state index contributed by atoms with van der Waals surface area (Å²) >= 11 is 1.90. The zero-order valence-electron chi connectivity index (χ0n) is 11.7. The molecule has 0 N–H and O–H groups in total. The number of thioether (sulfide) groups is 1. The van der Waals surface area contributed by atoms with Crippen LogP contribution in [0, 0.1) is 12.8 Å². The quantitative estimate of drug-likeness (QED) is 0.772. The van der Waals surface area contributed by atoms with Crippen LogP contribution in [0.4, 0.5) is 0 Å². The molecule has 2 nitrogen and oxygen atoms in total. The molecule has 0 saturated heterocycles. The van der Waals surface area contributed by atoms with Crippen LogP contribution in [0.25, 0.3) is 0 Å². The molecule has 2 rings (SSSR count). The summed E-state index contributed by atoms with van der Waals surface area (Å²) in [5.74, 6) is 0.105. The average Bonchev–Trinajstić information content (AvgIpc) is 2.42. The number of hydrogen-bond acceptors (Lipinski definition) is 3. The Labute approximate surface area is 119 Å². The third-order valence-corrected chi connectivity index (χ3v) is 4.88. The topological polar surface area (TPSA) is 26.3 Å². The molecule has 0 aromatic heterocycles. The van der Waals surface area contributed by atoms with E-state index < -0.39 is 0 Å². The van der Waals surface area contributed by atoms with Crippen LogP contribution in [0.2, 0.25) is 0 Å². The molecule has 1 aliphatic rings. The fourth-order valence-electron chi connectivity index (χ4n) is 2.54. The molecule has 0 heterocycles. The van der Waals surface area contributed by atoms with Gasteiger partial charge >= 0.3 is 5.97 Å². The summed E-state index contributed by atoms with van der Waals surface area (Å²) < 4.78 is 5.15. The van der Waals surface area contributed by atoms with Gasteiger partial charge in [0.15, 0.2) is 0 Å². The molecular weight excluding hydrogens is 256 g/mol. The fraction of sp³-hybridized carbons (Fsp3) is 0.562. The smallest absolute Gasteiger partial charge is 0.308 e. The first-order valence-corrected chi connectivity index (χ1v) is 7.97. The Balaban J connectivity index is 1.90. The van der Waals surface area contributed by atoms with Crippen molar-refractivity contribution in [1.82, 2.24) is 0 Å². The molecule has 2 atom stereocenters. The lowest BCUT2D eigenvalue weighted by Crippen LogP contribution is -2.26. The van der Waals surface area contributed by atoms with Crippen molar-refractivity contribution in [2.24, 2.45) is 5.92 Å². The summed E-state index contributed by atoms with van der Waals surface area (Å²) in [6, 6.07) is 8.64. The normalized spacial score (nSPS) is 23.1. The summed E-state index contributed by atoms with van der Waals surface area (Å²) in [5, 5.41) is 0.547. The van der Waals surface area contributed by atoms with Crippen molar-refractivity contribution >= 4 is 17.7 Å². The average molecular weight is 278 g/mol. The van der Waals surface area contributed by atoms with Gasteiger partial charge in [0.2, 0.25) is 0 Å². The van der Waals surface area contributed by atoms with Gasteiger partial charge in [-0.05, 0) is 45.2 Å². The van der Waals surface area contributed by atoms with Crippen molar-refractivity contribution in [3.8, 4) is 0 Å². The van der Waals surface area contributed by atoms with Crippen molar-refractivity contribution in [1.29, 1.82) is 0 Å². The molecule has 0 amide bonds. The number of benzene rings is 1. The van der Waals surface area contributed by atoms with Gasteiger partial charge in [0, 0.05) is 10.1 Å². The highest BCUT2D eigenvalue weighted by Crippen LogP contribution is 2.36. The third kappa shape index (κ3) is 4.27. The third-order valence-electron chi connectivity index (χ3n) is 3.57. The van der Waals surface area contributed by atoms with Gasteiger partial charge in [-0.1, -0.05) is 24.1 Å². The Hall–Kier alpha value is -0.960. The molecule has 0 bridgehead atoms. The first-order chi connectivity index (χ1) is 9.19. The second-order valence-corrected chi connectivity index (χ2v) is 6.54. The monoisotopic (exact) mass is 278 g/mol. The van der Waals surface area contributed by atoms with Gasteiger partial charge in [0.05, 0.1) is 12.5 Å². The molecule has 104 valence electrons. The summed E-state index contributed by atoms with van der Waals surface area (Å²) in [5.41, 5.74) is 1.29. The number of hydrogen-bond donors (Lipinski definition) is 0. The van der Waals surface area contributed by atoms with E-state index in [0.717, 1.165) is 19.3 Å². The van der Waals surface area contributed by atoms with Gasteiger partial charge in [0.1, 0.15) is 0 Å². The SMILES string of the molecule is CCOC(=O)C1CCCC(Sc2ccc(C)cc2)C1. The molecule has 0 spiro atoms. The van der Waals surface area contributed by atoms with E-state index in [1.807, 2.05) is 18.7 Å². The van der Waals surface area contributed by atoms with Gasteiger partial charge in [0.25, 0.3) is 0 Å². The van der Waals surface area contributed by atoms with E-state index in [1.165, 1.54) is 16.9 Å². The highest BCUT2D eigenvalue weighted by Gasteiger charge is 2.28. The molecule has 0 radical (unpaired) electrons. The first kappa shape index (κ1) is 14.4. The molecule has 1 aromatic rings. The molecular formula is C16H22O2S. The molecule has 1 fully saturated rings. The van der Waals surface area contributed by atoms with Gasteiger partial charge in [-0.3, -0.25) is 4.79 Å². The van der Waals surface area contributed by atoms with E-state index >= 15 is 0 Å². The maximum Gasteiger partial charge on any atom is 0.308 e. The predicted molar refractivity (Wildman–Crippen MR) is 79.4 cm³/mol. The number of rotatable bonds is 4. The lowest BCUT2D eigenvalue weighted by atomic mass is 9.89. The molecule has 1 aromatic carbocycles. The highest BCUT2D eigenvalue weighted by molar-refractivity contribution is 8.00. The lowest BCUT2D eigenvalue weighted by Gasteiger charge is -2.27. The highest BCUT2D eigenvalue weighted by atomic mass is 32.2. The van der Waals surface area contributed by atoms with Crippen LogP contribution in [0.15, 0.2) is 29.2 Å². The maximum absolute atomic E-state index is 11.8.